The average Bonchev–Trinajstić information content (AvgIpc) is 2.34. The fraction of sp³-hybridized carbons (Fsp3) is 0.867. The van der Waals surface area contributed by atoms with Gasteiger partial charge in [0.2, 0.25) is 5.91 Å². The van der Waals surface area contributed by atoms with Gasteiger partial charge in [-0.05, 0) is 24.2 Å². The molecule has 0 aromatic carbocycles. The van der Waals surface area contributed by atoms with Crippen LogP contribution in [0.4, 0.5) is 0 Å². The second-order valence-electron chi connectivity index (χ2n) is 6.85. The summed E-state index contributed by atoms with van der Waals surface area (Å²) >= 11 is 0. The fourth-order valence-electron chi connectivity index (χ4n) is 2.43. The van der Waals surface area contributed by atoms with Crippen LogP contribution in [0, 0.1) is 23.2 Å². The largest absolute Gasteiger partial charge is 0.481 e. The molecule has 0 aromatic heterocycles. The molecule has 3 unspecified atom stereocenters. The minimum atomic E-state index is -0.830. The summed E-state index contributed by atoms with van der Waals surface area (Å²) in [6, 6.07) is 0. The van der Waals surface area contributed by atoms with Crippen LogP contribution < -0.4 is 5.32 Å². The molecule has 0 radical (unpaired) electrons. The number of carboxylic acid groups (broad SMARTS) is 1. The van der Waals surface area contributed by atoms with Crippen molar-refractivity contribution in [3.63, 3.8) is 0 Å². The number of carboxylic acids is 1. The molecular formula is C15H27NO3. The summed E-state index contributed by atoms with van der Waals surface area (Å²) < 4.78 is 0. The topological polar surface area (TPSA) is 66.4 Å². The molecule has 0 heterocycles. The summed E-state index contributed by atoms with van der Waals surface area (Å²) in [6.07, 6.45) is 3.20. The third kappa shape index (κ3) is 4.51. The van der Waals surface area contributed by atoms with Crippen molar-refractivity contribution in [2.24, 2.45) is 23.2 Å². The van der Waals surface area contributed by atoms with Gasteiger partial charge in [-0.2, -0.15) is 0 Å². The van der Waals surface area contributed by atoms with E-state index in [-0.39, 0.29) is 17.2 Å². The number of rotatable bonds is 4. The van der Waals surface area contributed by atoms with Crippen LogP contribution in [0.15, 0.2) is 0 Å². The number of aliphatic carboxylic acids is 1. The van der Waals surface area contributed by atoms with E-state index in [0.717, 1.165) is 12.8 Å². The molecule has 1 fully saturated rings. The van der Waals surface area contributed by atoms with Crippen LogP contribution in [-0.2, 0) is 9.59 Å². The monoisotopic (exact) mass is 269 g/mol. The third-order valence-electron chi connectivity index (χ3n) is 4.48. The Kier molecular flexibility index (Phi) is 5.39. The number of carbonyl (C=O) groups excluding carboxylic acids is 1. The normalized spacial score (nSPS) is 25.7. The van der Waals surface area contributed by atoms with Gasteiger partial charge in [-0.15, -0.1) is 0 Å². The van der Waals surface area contributed by atoms with Gasteiger partial charge in [0, 0.05) is 6.54 Å². The Bertz CT molecular complexity index is 333. The number of hydrogen-bond donors (Lipinski definition) is 2. The highest BCUT2D eigenvalue weighted by molar-refractivity contribution is 5.84. The minimum Gasteiger partial charge on any atom is -0.481 e. The van der Waals surface area contributed by atoms with Gasteiger partial charge in [-0.3, -0.25) is 9.59 Å². The Morgan fingerprint density at radius 1 is 1.21 bits per heavy atom. The van der Waals surface area contributed by atoms with E-state index in [1.54, 1.807) is 0 Å². The highest BCUT2D eigenvalue weighted by atomic mass is 16.4. The molecule has 1 amide bonds. The van der Waals surface area contributed by atoms with Crippen molar-refractivity contribution in [2.45, 2.75) is 53.4 Å². The van der Waals surface area contributed by atoms with Crippen molar-refractivity contribution in [3.05, 3.63) is 0 Å². The van der Waals surface area contributed by atoms with Crippen LogP contribution in [0.25, 0.3) is 0 Å². The molecule has 1 saturated carbocycles. The van der Waals surface area contributed by atoms with E-state index in [2.05, 4.69) is 33.0 Å². The van der Waals surface area contributed by atoms with Crippen LogP contribution in [0.5, 0.6) is 0 Å². The van der Waals surface area contributed by atoms with Gasteiger partial charge in [-0.25, -0.2) is 0 Å². The summed E-state index contributed by atoms with van der Waals surface area (Å²) in [7, 11) is 0. The molecule has 0 aromatic rings. The maximum absolute atomic E-state index is 12.2. The van der Waals surface area contributed by atoms with E-state index in [1.165, 1.54) is 0 Å². The first-order chi connectivity index (χ1) is 8.73. The minimum absolute atomic E-state index is 0.0804. The lowest BCUT2D eigenvalue weighted by Crippen LogP contribution is -2.42. The predicted molar refractivity (Wildman–Crippen MR) is 74.7 cm³/mol. The summed E-state index contributed by atoms with van der Waals surface area (Å²) in [5, 5.41) is 12.1. The summed E-state index contributed by atoms with van der Waals surface area (Å²) in [6.45, 7) is 9.15. The molecule has 0 spiro atoms. The van der Waals surface area contributed by atoms with Crippen LogP contribution in [0.2, 0.25) is 0 Å². The molecule has 4 heteroatoms. The zero-order valence-corrected chi connectivity index (χ0v) is 12.5. The smallest absolute Gasteiger partial charge is 0.307 e. The molecule has 1 aliphatic carbocycles. The second-order valence-corrected chi connectivity index (χ2v) is 6.85. The van der Waals surface area contributed by atoms with Gasteiger partial charge >= 0.3 is 5.97 Å². The average molecular weight is 269 g/mol. The van der Waals surface area contributed by atoms with Crippen molar-refractivity contribution in [1.29, 1.82) is 0 Å². The van der Waals surface area contributed by atoms with Crippen molar-refractivity contribution in [3.8, 4) is 0 Å². The lowest BCUT2D eigenvalue weighted by molar-refractivity contribution is -0.149. The Morgan fingerprint density at radius 3 is 2.21 bits per heavy atom. The fourth-order valence-corrected chi connectivity index (χ4v) is 2.43. The molecule has 0 aliphatic heterocycles. The van der Waals surface area contributed by atoms with Crippen LogP contribution in [0.1, 0.15) is 53.4 Å². The van der Waals surface area contributed by atoms with Gasteiger partial charge in [0.15, 0.2) is 0 Å². The maximum Gasteiger partial charge on any atom is 0.307 e. The zero-order valence-electron chi connectivity index (χ0n) is 12.5. The highest BCUT2D eigenvalue weighted by Crippen LogP contribution is 2.31. The first-order valence-electron chi connectivity index (χ1n) is 7.24. The first kappa shape index (κ1) is 16.0. The van der Waals surface area contributed by atoms with E-state index < -0.39 is 11.9 Å². The maximum atomic E-state index is 12.2. The molecule has 1 rings (SSSR count). The summed E-state index contributed by atoms with van der Waals surface area (Å²) in [4.78, 5) is 23.4. The van der Waals surface area contributed by atoms with Gasteiger partial charge in [0.05, 0.1) is 11.8 Å². The molecular weight excluding hydrogens is 242 g/mol. The van der Waals surface area contributed by atoms with Crippen LogP contribution >= 0.6 is 0 Å². The van der Waals surface area contributed by atoms with E-state index in [9.17, 15) is 14.7 Å². The van der Waals surface area contributed by atoms with Crippen LogP contribution in [0.3, 0.4) is 0 Å². The lowest BCUT2D eigenvalue weighted by atomic mass is 9.78. The second kappa shape index (κ2) is 6.40. The molecule has 2 N–H and O–H groups in total. The van der Waals surface area contributed by atoms with Gasteiger partial charge < -0.3 is 10.4 Å². The first-order valence-corrected chi connectivity index (χ1v) is 7.24. The molecule has 4 nitrogen and oxygen atoms in total. The number of carbonyl (C=O) groups is 2. The van der Waals surface area contributed by atoms with Gasteiger partial charge in [0.25, 0.3) is 0 Å². The lowest BCUT2D eigenvalue weighted by Gasteiger charge is -2.30. The molecule has 0 bridgehead atoms. The number of hydrogen-bond acceptors (Lipinski definition) is 2. The molecule has 19 heavy (non-hydrogen) atoms. The van der Waals surface area contributed by atoms with E-state index in [0.29, 0.717) is 25.3 Å². The summed E-state index contributed by atoms with van der Waals surface area (Å²) in [5.74, 6) is -1.40. The number of amides is 1. The van der Waals surface area contributed by atoms with Gasteiger partial charge in [-0.1, -0.05) is 40.5 Å². The molecule has 0 saturated heterocycles. The van der Waals surface area contributed by atoms with Gasteiger partial charge in [0.1, 0.15) is 0 Å². The summed E-state index contributed by atoms with van der Waals surface area (Å²) in [5.41, 5.74) is 0.145. The Labute approximate surface area is 116 Å². The third-order valence-corrected chi connectivity index (χ3v) is 4.48. The van der Waals surface area contributed by atoms with Crippen molar-refractivity contribution in [1.82, 2.24) is 5.32 Å². The highest BCUT2D eigenvalue weighted by Gasteiger charge is 2.35. The molecule has 1 aliphatic rings. The van der Waals surface area contributed by atoms with E-state index >= 15 is 0 Å². The standard InChI is InChI=1S/C15H27NO3/c1-10(15(2,3)4)9-16-13(17)11-7-5-6-8-12(11)14(18)19/h10-12H,5-9H2,1-4H3,(H,16,17)(H,18,19). The Morgan fingerprint density at radius 2 is 1.74 bits per heavy atom. The van der Waals surface area contributed by atoms with Crippen LogP contribution in [-0.4, -0.2) is 23.5 Å². The predicted octanol–water partition coefficient (Wildman–Crippen LogP) is 2.68. The zero-order chi connectivity index (χ0) is 14.6. The number of nitrogens with one attached hydrogen (secondary N) is 1. The molecule has 110 valence electrons. The quantitative estimate of drug-likeness (QED) is 0.824. The SMILES string of the molecule is CC(CNC(=O)C1CCCCC1C(=O)O)C(C)(C)C. The Balaban J connectivity index is 2.54. The van der Waals surface area contributed by atoms with Crippen molar-refractivity contribution in [2.75, 3.05) is 6.54 Å². The molecule has 3 atom stereocenters. The van der Waals surface area contributed by atoms with Crippen molar-refractivity contribution < 1.29 is 14.7 Å². The van der Waals surface area contributed by atoms with Crippen molar-refractivity contribution >= 4 is 11.9 Å². The van der Waals surface area contributed by atoms with E-state index in [4.69, 9.17) is 0 Å². The van der Waals surface area contributed by atoms with E-state index in [1.807, 2.05) is 0 Å². The Hall–Kier alpha value is -1.06.